The van der Waals surface area contributed by atoms with Crippen LogP contribution < -0.4 is 16.0 Å². The number of urea groups is 1. The van der Waals surface area contributed by atoms with Crippen LogP contribution in [0.5, 0.6) is 0 Å². The van der Waals surface area contributed by atoms with Crippen LogP contribution in [0, 0.1) is 12.8 Å². The van der Waals surface area contributed by atoms with Crippen LogP contribution in [0.1, 0.15) is 36.2 Å². The number of nitrogens with zero attached hydrogens (tertiary/aromatic N) is 5. The van der Waals surface area contributed by atoms with Gasteiger partial charge in [0, 0.05) is 37.5 Å². The number of rotatable bonds is 7. The van der Waals surface area contributed by atoms with Crippen molar-refractivity contribution in [2.75, 3.05) is 17.7 Å². The lowest BCUT2D eigenvalue weighted by molar-refractivity contribution is -0.156. The SMILES string of the molecule is CCC(NC(=O)N1C(=O)[C@H](Cc2ccnc(N)c2)[C@H]1C(=O)N(C)c1ncc[nH]1)c1ccc(C)nc1. The molecule has 4 N–H and O–H groups in total. The van der Waals surface area contributed by atoms with Crippen LogP contribution in [0.2, 0.25) is 0 Å². The number of aryl methyl sites for hydroxylation is 1. The summed E-state index contributed by atoms with van der Waals surface area (Å²) >= 11 is 0. The number of carbonyl (C=O) groups excluding carboxylic acids is 3. The molecule has 11 nitrogen and oxygen atoms in total. The van der Waals surface area contributed by atoms with Gasteiger partial charge >= 0.3 is 6.03 Å². The maximum atomic E-state index is 13.5. The molecule has 3 atom stereocenters. The summed E-state index contributed by atoms with van der Waals surface area (Å²) in [5.41, 5.74) is 8.22. The maximum Gasteiger partial charge on any atom is 0.325 e. The predicted octanol–water partition coefficient (Wildman–Crippen LogP) is 1.98. The average Bonchev–Trinajstić information content (AvgIpc) is 3.39. The highest BCUT2D eigenvalue weighted by molar-refractivity contribution is 6.12. The standard InChI is InChI=1S/C24H28N8O3/c1-4-18(16-6-5-14(2)29-13-16)30-24(35)32-20(22(34)31(3)23-27-9-10-28-23)17(21(32)33)11-15-7-8-26-19(25)12-15/h5-10,12-13,17-18,20H,4,11H2,1-3H3,(H2,25,26)(H,27,28)(H,30,35)/t17-,18?,20+/m1/s1. The number of anilines is 2. The second-order valence-corrected chi connectivity index (χ2v) is 8.51. The molecule has 0 spiro atoms. The number of imide groups is 1. The molecule has 1 saturated heterocycles. The van der Waals surface area contributed by atoms with Crippen molar-refractivity contribution in [2.24, 2.45) is 5.92 Å². The number of nitrogens with two attached hydrogens (primary N) is 1. The molecule has 0 bridgehead atoms. The zero-order valence-electron chi connectivity index (χ0n) is 19.8. The van der Waals surface area contributed by atoms with E-state index in [1.54, 1.807) is 37.8 Å². The van der Waals surface area contributed by atoms with Crippen LogP contribution in [-0.4, -0.2) is 55.8 Å². The minimum atomic E-state index is -0.999. The molecule has 182 valence electrons. The summed E-state index contributed by atoms with van der Waals surface area (Å²) in [5.74, 6) is -0.947. The monoisotopic (exact) mass is 476 g/mol. The Morgan fingerprint density at radius 1 is 1.23 bits per heavy atom. The number of aromatic amines is 1. The van der Waals surface area contributed by atoms with E-state index in [9.17, 15) is 14.4 Å². The Morgan fingerprint density at radius 3 is 2.66 bits per heavy atom. The van der Waals surface area contributed by atoms with Crippen molar-refractivity contribution in [3.63, 3.8) is 0 Å². The summed E-state index contributed by atoms with van der Waals surface area (Å²) in [6.45, 7) is 3.80. The fourth-order valence-corrected chi connectivity index (χ4v) is 4.20. The summed E-state index contributed by atoms with van der Waals surface area (Å²) < 4.78 is 0. The molecule has 0 saturated carbocycles. The third-order valence-electron chi connectivity index (χ3n) is 6.16. The smallest absolute Gasteiger partial charge is 0.325 e. The number of pyridine rings is 2. The van der Waals surface area contributed by atoms with Crippen molar-refractivity contribution in [3.8, 4) is 0 Å². The molecule has 4 rings (SSSR count). The number of nitrogen functional groups attached to an aromatic ring is 1. The van der Waals surface area contributed by atoms with E-state index < -0.39 is 29.8 Å². The second kappa shape index (κ2) is 9.92. The second-order valence-electron chi connectivity index (χ2n) is 8.51. The van der Waals surface area contributed by atoms with E-state index in [0.29, 0.717) is 18.2 Å². The van der Waals surface area contributed by atoms with E-state index in [0.717, 1.165) is 21.7 Å². The van der Waals surface area contributed by atoms with Gasteiger partial charge in [-0.05, 0) is 49.1 Å². The lowest BCUT2D eigenvalue weighted by atomic mass is 9.81. The van der Waals surface area contributed by atoms with E-state index in [2.05, 4.69) is 25.3 Å². The molecule has 1 aliphatic heterocycles. The number of likely N-dealkylation sites (tertiary alicyclic amines) is 1. The van der Waals surface area contributed by atoms with Crippen LogP contribution >= 0.6 is 0 Å². The Balaban J connectivity index is 1.58. The lowest BCUT2D eigenvalue weighted by Crippen LogP contribution is -2.70. The Morgan fingerprint density at radius 2 is 2.03 bits per heavy atom. The zero-order valence-corrected chi connectivity index (χ0v) is 19.8. The third kappa shape index (κ3) is 4.84. The van der Waals surface area contributed by atoms with Crippen LogP contribution in [0.25, 0.3) is 0 Å². The first-order valence-electron chi connectivity index (χ1n) is 11.3. The topological polar surface area (TPSA) is 150 Å². The van der Waals surface area contributed by atoms with Gasteiger partial charge < -0.3 is 16.0 Å². The van der Waals surface area contributed by atoms with Gasteiger partial charge in [-0.3, -0.25) is 24.4 Å². The van der Waals surface area contributed by atoms with Gasteiger partial charge in [0.2, 0.25) is 11.9 Å². The van der Waals surface area contributed by atoms with Crippen molar-refractivity contribution in [1.29, 1.82) is 0 Å². The number of β-lactam (4-membered cyclic amide) rings is 1. The molecule has 1 aliphatic rings. The van der Waals surface area contributed by atoms with E-state index in [4.69, 9.17) is 5.73 Å². The molecule has 3 aromatic rings. The lowest BCUT2D eigenvalue weighted by Gasteiger charge is -2.45. The summed E-state index contributed by atoms with van der Waals surface area (Å²) in [7, 11) is 1.55. The van der Waals surface area contributed by atoms with E-state index >= 15 is 0 Å². The molecule has 0 radical (unpaired) electrons. The first-order chi connectivity index (χ1) is 16.8. The molecule has 35 heavy (non-hydrogen) atoms. The van der Waals surface area contributed by atoms with Crippen molar-refractivity contribution in [2.45, 2.75) is 38.8 Å². The highest BCUT2D eigenvalue weighted by Gasteiger charge is 2.55. The number of amides is 4. The molecule has 11 heteroatoms. The van der Waals surface area contributed by atoms with Gasteiger partial charge in [-0.15, -0.1) is 0 Å². The van der Waals surface area contributed by atoms with Gasteiger partial charge in [0.1, 0.15) is 11.9 Å². The van der Waals surface area contributed by atoms with Gasteiger partial charge in [0.15, 0.2) is 0 Å². The number of hydrogen-bond donors (Lipinski definition) is 3. The van der Waals surface area contributed by atoms with Crippen molar-refractivity contribution in [1.82, 2.24) is 30.2 Å². The molecule has 1 fully saturated rings. The van der Waals surface area contributed by atoms with Gasteiger partial charge in [-0.1, -0.05) is 13.0 Å². The number of carbonyl (C=O) groups is 3. The summed E-state index contributed by atoms with van der Waals surface area (Å²) in [6.07, 6.45) is 7.19. The molecule has 1 unspecified atom stereocenters. The Kier molecular flexibility index (Phi) is 6.76. The fourth-order valence-electron chi connectivity index (χ4n) is 4.20. The van der Waals surface area contributed by atoms with Gasteiger partial charge in [0.25, 0.3) is 5.91 Å². The molecule has 0 aromatic carbocycles. The number of likely N-dealkylation sites (N-methyl/N-ethyl adjacent to an activating group) is 1. The first kappa shape index (κ1) is 23.9. The fraction of sp³-hybridized carbons (Fsp3) is 0.333. The minimum Gasteiger partial charge on any atom is -0.384 e. The minimum absolute atomic E-state index is 0.247. The molecule has 4 amide bonds. The largest absolute Gasteiger partial charge is 0.384 e. The molecule has 3 aromatic heterocycles. The number of aromatic nitrogens is 4. The summed E-state index contributed by atoms with van der Waals surface area (Å²) in [6, 6.07) is 5.16. The maximum absolute atomic E-state index is 13.5. The Bertz CT molecular complexity index is 1210. The molecular weight excluding hydrogens is 448 g/mol. The zero-order chi connectivity index (χ0) is 25.1. The average molecular weight is 477 g/mol. The van der Waals surface area contributed by atoms with Crippen molar-refractivity contribution in [3.05, 3.63) is 65.9 Å². The molecule has 0 aliphatic carbocycles. The van der Waals surface area contributed by atoms with Crippen LogP contribution in [-0.2, 0) is 16.0 Å². The van der Waals surface area contributed by atoms with Crippen LogP contribution in [0.4, 0.5) is 16.6 Å². The van der Waals surface area contributed by atoms with Crippen LogP contribution in [0.15, 0.2) is 49.1 Å². The third-order valence-corrected chi connectivity index (χ3v) is 6.16. The highest BCUT2D eigenvalue weighted by atomic mass is 16.2. The van der Waals surface area contributed by atoms with E-state index in [-0.39, 0.29) is 12.5 Å². The normalized spacial score (nSPS) is 18.0. The molecule has 4 heterocycles. The Labute approximate surface area is 202 Å². The number of hydrogen-bond acceptors (Lipinski definition) is 7. The van der Waals surface area contributed by atoms with Crippen molar-refractivity contribution >= 4 is 29.6 Å². The first-order valence-corrected chi connectivity index (χ1v) is 11.3. The van der Waals surface area contributed by atoms with Crippen LogP contribution in [0.3, 0.4) is 0 Å². The van der Waals surface area contributed by atoms with E-state index in [1.165, 1.54) is 11.1 Å². The summed E-state index contributed by atoms with van der Waals surface area (Å²) in [5, 5.41) is 2.89. The van der Waals surface area contributed by atoms with Crippen molar-refractivity contribution < 1.29 is 14.4 Å². The number of nitrogens with one attached hydrogen (secondary N) is 2. The quantitative estimate of drug-likeness (QED) is 0.441. The number of H-pyrrole nitrogens is 1. The van der Waals surface area contributed by atoms with Gasteiger partial charge in [-0.2, -0.15) is 0 Å². The van der Waals surface area contributed by atoms with Gasteiger partial charge in [0.05, 0.1) is 12.0 Å². The van der Waals surface area contributed by atoms with Gasteiger partial charge in [-0.25, -0.2) is 14.8 Å². The Hall–Kier alpha value is -4.28. The highest BCUT2D eigenvalue weighted by Crippen LogP contribution is 2.33. The number of imidazole rings is 1. The summed E-state index contributed by atoms with van der Waals surface area (Å²) in [4.78, 5) is 57.5. The predicted molar refractivity (Wildman–Crippen MR) is 129 cm³/mol. The molecular formula is C24H28N8O3. The van der Waals surface area contributed by atoms with E-state index in [1.807, 2.05) is 26.0 Å².